The van der Waals surface area contributed by atoms with Crippen LogP contribution in [0.5, 0.6) is 0 Å². The highest BCUT2D eigenvalue weighted by Gasteiger charge is 2.13. The molecule has 5 aromatic rings. The molecule has 0 atom stereocenters. The smallest absolute Gasteiger partial charge is 0.124 e. The van der Waals surface area contributed by atoms with Gasteiger partial charge < -0.3 is 0 Å². The van der Waals surface area contributed by atoms with Crippen LogP contribution >= 0.6 is 11.3 Å². The number of nitrogens with zero attached hydrogens (tertiary/aromatic N) is 1. The first-order valence-corrected chi connectivity index (χ1v) is 8.49. The first-order valence-electron chi connectivity index (χ1n) is 7.67. The standard InChI is InChI=1S/C21H13NS/c1-2-8-14(9-3-1)21-22-19-17-12-6-4-10-15(17)16-11-5-7-13-18(16)20(19)23-21/h1-13H. The predicted octanol–water partition coefficient (Wildman–Crippen LogP) is 6.27. The molecular formula is C21H13NS. The maximum Gasteiger partial charge on any atom is 0.124 e. The van der Waals surface area contributed by atoms with Gasteiger partial charge in [-0.2, -0.15) is 0 Å². The Balaban J connectivity index is 1.99. The summed E-state index contributed by atoms with van der Waals surface area (Å²) in [5, 5.41) is 6.20. The lowest BCUT2D eigenvalue weighted by Crippen LogP contribution is -1.80. The van der Waals surface area contributed by atoms with Crippen molar-refractivity contribution in [2.24, 2.45) is 0 Å². The van der Waals surface area contributed by atoms with Crippen LogP contribution < -0.4 is 0 Å². The summed E-state index contributed by atoms with van der Waals surface area (Å²) in [6.07, 6.45) is 0. The molecule has 0 saturated heterocycles. The highest BCUT2D eigenvalue weighted by molar-refractivity contribution is 7.22. The quantitative estimate of drug-likeness (QED) is 0.332. The maximum atomic E-state index is 4.98. The van der Waals surface area contributed by atoms with Crippen LogP contribution in [-0.2, 0) is 0 Å². The van der Waals surface area contributed by atoms with Gasteiger partial charge in [0.1, 0.15) is 5.01 Å². The van der Waals surface area contributed by atoms with Gasteiger partial charge in [0, 0.05) is 16.3 Å². The van der Waals surface area contributed by atoms with E-state index >= 15 is 0 Å². The Kier molecular flexibility index (Phi) is 2.73. The number of benzene rings is 4. The Morgan fingerprint density at radius 3 is 1.87 bits per heavy atom. The van der Waals surface area contributed by atoms with Gasteiger partial charge >= 0.3 is 0 Å². The van der Waals surface area contributed by atoms with E-state index < -0.39 is 0 Å². The van der Waals surface area contributed by atoms with Gasteiger partial charge in [-0.1, -0.05) is 78.9 Å². The molecule has 0 aliphatic rings. The molecule has 4 aromatic carbocycles. The molecule has 0 bridgehead atoms. The molecule has 0 amide bonds. The number of thiazole rings is 1. The molecule has 0 unspecified atom stereocenters. The van der Waals surface area contributed by atoms with Crippen molar-refractivity contribution in [3.63, 3.8) is 0 Å². The molecule has 0 N–H and O–H groups in total. The van der Waals surface area contributed by atoms with Gasteiger partial charge in [-0.15, -0.1) is 11.3 Å². The van der Waals surface area contributed by atoms with E-state index in [0.29, 0.717) is 0 Å². The van der Waals surface area contributed by atoms with Crippen molar-refractivity contribution >= 4 is 43.1 Å². The third kappa shape index (κ3) is 1.89. The fourth-order valence-corrected chi connectivity index (χ4v) is 4.35. The third-order valence-corrected chi connectivity index (χ3v) is 5.43. The summed E-state index contributed by atoms with van der Waals surface area (Å²) in [5.41, 5.74) is 2.30. The van der Waals surface area contributed by atoms with Crippen LogP contribution in [0.4, 0.5) is 0 Å². The second-order valence-corrected chi connectivity index (χ2v) is 6.65. The molecule has 0 fully saturated rings. The third-order valence-electron chi connectivity index (χ3n) is 4.29. The van der Waals surface area contributed by atoms with Crippen molar-refractivity contribution in [1.82, 2.24) is 4.98 Å². The highest BCUT2D eigenvalue weighted by atomic mass is 32.1. The number of hydrogen-bond donors (Lipinski definition) is 0. The van der Waals surface area contributed by atoms with Crippen LogP contribution in [0.2, 0.25) is 0 Å². The molecule has 0 spiro atoms. The summed E-state index contributed by atoms with van der Waals surface area (Å²) in [6.45, 7) is 0. The van der Waals surface area contributed by atoms with Crippen molar-refractivity contribution in [1.29, 1.82) is 0 Å². The average Bonchev–Trinajstić information content (AvgIpc) is 3.09. The molecule has 5 rings (SSSR count). The fourth-order valence-electron chi connectivity index (χ4n) is 3.23. The van der Waals surface area contributed by atoms with Gasteiger partial charge in [0.2, 0.25) is 0 Å². The summed E-state index contributed by atoms with van der Waals surface area (Å²) >= 11 is 1.78. The van der Waals surface area contributed by atoms with E-state index in [1.165, 1.54) is 31.8 Å². The number of fused-ring (bicyclic) bond motifs is 6. The minimum Gasteiger partial charge on any atom is -0.235 e. The predicted molar refractivity (Wildman–Crippen MR) is 100 cm³/mol. The number of hydrogen-bond acceptors (Lipinski definition) is 2. The molecule has 1 aromatic heterocycles. The topological polar surface area (TPSA) is 12.9 Å². The second-order valence-electron chi connectivity index (χ2n) is 5.65. The Labute approximate surface area is 137 Å². The Morgan fingerprint density at radius 2 is 1.13 bits per heavy atom. The molecule has 0 saturated carbocycles. The lowest BCUT2D eigenvalue weighted by molar-refractivity contribution is 1.49. The Bertz CT molecular complexity index is 1080. The average molecular weight is 311 g/mol. The number of rotatable bonds is 1. The van der Waals surface area contributed by atoms with Crippen molar-refractivity contribution in [2.45, 2.75) is 0 Å². The summed E-state index contributed by atoms with van der Waals surface area (Å²) in [7, 11) is 0. The van der Waals surface area contributed by atoms with E-state index in [4.69, 9.17) is 4.98 Å². The van der Waals surface area contributed by atoms with Gasteiger partial charge in [0.05, 0.1) is 10.2 Å². The summed E-state index contributed by atoms with van der Waals surface area (Å²) < 4.78 is 1.28. The normalized spacial score (nSPS) is 11.5. The molecule has 2 heteroatoms. The van der Waals surface area contributed by atoms with E-state index in [1.54, 1.807) is 11.3 Å². The largest absolute Gasteiger partial charge is 0.235 e. The van der Waals surface area contributed by atoms with Gasteiger partial charge in [-0.25, -0.2) is 4.98 Å². The maximum absolute atomic E-state index is 4.98. The van der Waals surface area contributed by atoms with Gasteiger partial charge in [0.15, 0.2) is 0 Å². The minimum atomic E-state index is 1.09. The lowest BCUT2D eigenvalue weighted by Gasteiger charge is -2.05. The van der Waals surface area contributed by atoms with Crippen LogP contribution in [0.1, 0.15) is 0 Å². The van der Waals surface area contributed by atoms with E-state index in [1.807, 2.05) is 6.07 Å². The number of aromatic nitrogens is 1. The molecule has 108 valence electrons. The van der Waals surface area contributed by atoms with Crippen molar-refractivity contribution in [3.05, 3.63) is 78.9 Å². The first-order chi connectivity index (χ1) is 11.4. The lowest BCUT2D eigenvalue weighted by atomic mass is 10.0. The van der Waals surface area contributed by atoms with E-state index in [9.17, 15) is 0 Å². The Hall–Kier alpha value is -2.71. The summed E-state index contributed by atoms with van der Waals surface area (Å²) in [6, 6.07) is 27.6. The zero-order valence-electron chi connectivity index (χ0n) is 12.4. The van der Waals surface area contributed by atoms with Gasteiger partial charge in [-0.05, 0) is 10.8 Å². The Morgan fingerprint density at radius 1 is 0.565 bits per heavy atom. The molecule has 1 heterocycles. The highest BCUT2D eigenvalue weighted by Crippen LogP contribution is 2.40. The SMILES string of the molecule is c1ccc(-c2nc3c4ccccc4c4ccccc4c3s2)cc1. The van der Waals surface area contributed by atoms with Gasteiger partial charge in [-0.3, -0.25) is 0 Å². The molecule has 1 nitrogen and oxygen atoms in total. The fraction of sp³-hybridized carbons (Fsp3) is 0. The first kappa shape index (κ1) is 12.8. The van der Waals surface area contributed by atoms with Crippen molar-refractivity contribution in [3.8, 4) is 10.6 Å². The van der Waals surface area contributed by atoms with Crippen molar-refractivity contribution in [2.75, 3.05) is 0 Å². The van der Waals surface area contributed by atoms with Crippen LogP contribution in [0.15, 0.2) is 78.9 Å². The molecule has 0 aliphatic carbocycles. The molecule has 0 aliphatic heterocycles. The zero-order valence-corrected chi connectivity index (χ0v) is 13.2. The van der Waals surface area contributed by atoms with Crippen molar-refractivity contribution < 1.29 is 0 Å². The van der Waals surface area contributed by atoms with Crippen LogP contribution in [-0.4, -0.2) is 4.98 Å². The molecule has 0 radical (unpaired) electrons. The minimum absolute atomic E-state index is 1.09. The summed E-state index contributed by atoms with van der Waals surface area (Å²) in [5.74, 6) is 0. The second kappa shape index (κ2) is 4.90. The van der Waals surface area contributed by atoms with Crippen LogP contribution in [0.25, 0.3) is 42.3 Å². The van der Waals surface area contributed by atoms with E-state index in [-0.39, 0.29) is 0 Å². The molecular weight excluding hydrogens is 298 g/mol. The van der Waals surface area contributed by atoms with E-state index in [2.05, 4.69) is 72.8 Å². The summed E-state index contributed by atoms with van der Waals surface area (Å²) in [4.78, 5) is 4.98. The van der Waals surface area contributed by atoms with Crippen LogP contribution in [0.3, 0.4) is 0 Å². The zero-order chi connectivity index (χ0) is 15.2. The van der Waals surface area contributed by atoms with E-state index in [0.717, 1.165) is 10.5 Å². The monoisotopic (exact) mass is 311 g/mol. The van der Waals surface area contributed by atoms with Crippen LogP contribution in [0, 0.1) is 0 Å². The molecule has 23 heavy (non-hydrogen) atoms. The van der Waals surface area contributed by atoms with Gasteiger partial charge in [0.25, 0.3) is 0 Å².